The largest absolute Gasteiger partial charge is 0.494 e. The van der Waals surface area contributed by atoms with Crippen LogP contribution in [-0.2, 0) is 23.9 Å². The maximum atomic E-state index is 12.6. The summed E-state index contributed by atoms with van der Waals surface area (Å²) in [6, 6.07) is 12.1. The number of ether oxygens (including phenoxy) is 4. The van der Waals surface area contributed by atoms with E-state index < -0.39 is 48.1 Å². The summed E-state index contributed by atoms with van der Waals surface area (Å²) in [6.07, 6.45) is 0.143. The summed E-state index contributed by atoms with van der Waals surface area (Å²) in [4.78, 5) is 67.9. The summed E-state index contributed by atoms with van der Waals surface area (Å²) in [5, 5.41) is 15.9. The number of carbonyl (C=O) groups is 5. The van der Waals surface area contributed by atoms with Crippen molar-refractivity contribution < 1.29 is 48.0 Å². The summed E-state index contributed by atoms with van der Waals surface area (Å²) in [5.41, 5.74) is 0.944. The first-order valence-electron chi connectivity index (χ1n) is 13.3. The number of epoxide rings is 2. The predicted molar refractivity (Wildman–Crippen MR) is 149 cm³/mol. The fourth-order valence-corrected chi connectivity index (χ4v) is 4.80. The Labute approximate surface area is 248 Å². The fraction of sp³-hybridized carbons (Fsp3) is 0.233. The second-order valence-electron chi connectivity index (χ2n) is 9.97. The van der Waals surface area contributed by atoms with Gasteiger partial charge in [0, 0.05) is 23.7 Å². The van der Waals surface area contributed by atoms with E-state index >= 15 is 0 Å². The first kappa shape index (κ1) is 28.8. The number of aliphatic hydroxyl groups is 1. The number of para-hydroxylation sites is 1. The van der Waals surface area contributed by atoms with Gasteiger partial charge in [0.15, 0.2) is 35.2 Å². The molecule has 0 radical (unpaired) electrons. The minimum absolute atomic E-state index is 0.0651. The number of pyridine rings is 2. The number of Topliss-reactive ketones (excluding diaryl/α,β-unsaturated/α-hetero) is 1. The Morgan fingerprint density at radius 3 is 2.43 bits per heavy atom. The topological polar surface area (TPSA) is 199 Å². The van der Waals surface area contributed by atoms with E-state index in [1.165, 1.54) is 32.6 Å². The molecule has 7 rings (SSSR count). The number of amides is 2. The average Bonchev–Trinajstić information content (AvgIpc) is 3.96. The van der Waals surface area contributed by atoms with E-state index in [0.717, 1.165) is 11.5 Å². The van der Waals surface area contributed by atoms with Crippen molar-refractivity contribution in [3.8, 4) is 11.6 Å². The van der Waals surface area contributed by atoms with Crippen molar-refractivity contribution in [1.82, 2.24) is 20.6 Å². The predicted octanol–water partition coefficient (Wildman–Crippen LogP) is 0.191. The second-order valence-corrected chi connectivity index (χ2v) is 9.97. The Morgan fingerprint density at radius 1 is 0.886 bits per heavy atom. The van der Waals surface area contributed by atoms with E-state index in [9.17, 15) is 29.1 Å². The number of nitrogens with zero attached hydrogens (tertiary/aromatic N) is 2. The van der Waals surface area contributed by atoms with Crippen LogP contribution in [0.2, 0.25) is 0 Å². The number of benzene rings is 1. The molecule has 44 heavy (non-hydrogen) atoms. The number of carbonyl (C=O) groups excluding carboxylic acids is 5. The molecule has 0 saturated carbocycles. The molecule has 14 nitrogen and oxygen atoms in total. The van der Waals surface area contributed by atoms with Gasteiger partial charge < -0.3 is 34.7 Å². The van der Waals surface area contributed by atoms with Gasteiger partial charge in [0.1, 0.15) is 23.9 Å². The smallest absolute Gasteiger partial charge is 0.277 e. The van der Waals surface area contributed by atoms with Gasteiger partial charge in [-0.3, -0.25) is 24.0 Å². The Hall–Kier alpha value is -5.31. The third-order valence-electron chi connectivity index (χ3n) is 7.16. The standard InChI is InChI=1S/C17H14N2O5.C13H10N2O5/c1-23-12-6-8-4-2-3-5-9(8)18-13(12)17(22)19-10-7-11(20)15-16(24-15)14(10)21;1-19-13-6(3-2-4-14-13)12(18)15-7-5-8(16)10-11(20-10)9(7)17/h2-7,14-16,21H,1H3,(H,19,22);2-5,10-11H,1H3,(H,15,18). The molecule has 0 bridgehead atoms. The van der Waals surface area contributed by atoms with Crippen molar-refractivity contribution in [2.45, 2.75) is 30.5 Å². The summed E-state index contributed by atoms with van der Waals surface area (Å²) < 4.78 is 20.2. The monoisotopic (exact) mass is 600 g/mol. The maximum absolute atomic E-state index is 12.6. The third-order valence-corrected chi connectivity index (χ3v) is 7.16. The van der Waals surface area contributed by atoms with Crippen molar-refractivity contribution in [2.24, 2.45) is 0 Å². The quantitative estimate of drug-likeness (QED) is 0.325. The van der Waals surface area contributed by atoms with Crippen molar-refractivity contribution in [2.75, 3.05) is 14.2 Å². The second kappa shape index (κ2) is 11.4. The van der Waals surface area contributed by atoms with Crippen molar-refractivity contribution in [3.05, 3.63) is 83.5 Å². The molecule has 3 aromatic rings. The zero-order valence-electron chi connectivity index (χ0n) is 23.2. The Kier molecular flexibility index (Phi) is 7.47. The Bertz CT molecular complexity index is 1800. The summed E-state index contributed by atoms with van der Waals surface area (Å²) in [6.45, 7) is 0. The number of ketones is 3. The van der Waals surface area contributed by atoms with E-state index in [1.54, 1.807) is 18.2 Å². The van der Waals surface area contributed by atoms with Gasteiger partial charge in [-0.05, 0) is 24.3 Å². The van der Waals surface area contributed by atoms with Gasteiger partial charge in [0.2, 0.25) is 11.7 Å². The molecule has 0 spiro atoms. The fourth-order valence-electron chi connectivity index (χ4n) is 4.80. The first-order chi connectivity index (χ1) is 21.2. The molecule has 2 amide bonds. The summed E-state index contributed by atoms with van der Waals surface area (Å²) in [7, 11) is 2.83. The number of rotatable bonds is 6. The van der Waals surface area contributed by atoms with E-state index in [-0.39, 0.29) is 40.1 Å². The number of aliphatic hydroxyl groups excluding tert-OH is 1. The van der Waals surface area contributed by atoms with E-state index in [2.05, 4.69) is 20.6 Å². The van der Waals surface area contributed by atoms with Crippen LogP contribution in [0.25, 0.3) is 10.9 Å². The van der Waals surface area contributed by atoms with Crippen molar-refractivity contribution in [3.63, 3.8) is 0 Å². The number of methoxy groups -OCH3 is 2. The van der Waals surface area contributed by atoms with Crippen LogP contribution in [0.4, 0.5) is 0 Å². The average molecular weight is 601 g/mol. The number of hydrogen-bond acceptors (Lipinski definition) is 12. The lowest BCUT2D eigenvalue weighted by Crippen LogP contribution is -2.38. The summed E-state index contributed by atoms with van der Waals surface area (Å²) >= 11 is 0. The molecule has 5 unspecified atom stereocenters. The first-order valence-corrected chi connectivity index (χ1v) is 13.3. The zero-order chi connectivity index (χ0) is 31.1. The lowest BCUT2D eigenvalue weighted by atomic mass is 10.0. The van der Waals surface area contributed by atoms with Crippen LogP contribution in [0, 0.1) is 0 Å². The van der Waals surface area contributed by atoms with E-state index in [1.807, 2.05) is 18.2 Å². The molecule has 3 N–H and O–H groups in total. The number of aromatic nitrogens is 2. The van der Waals surface area contributed by atoms with Gasteiger partial charge in [-0.2, -0.15) is 0 Å². The van der Waals surface area contributed by atoms with Crippen LogP contribution in [0.1, 0.15) is 20.8 Å². The molecule has 14 heteroatoms. The lowest BCUT2D eigenvalue weighted by molar-refractivity contribution is -0.119. The minimum atomic E-state index is -1.04. The SMILES string of the molecule is COc1cc2ccccc2nc1C(=O)NC1=CC(=O)C2OC2C1O.COc1ncccc1C(=O)NC1=CC(=O)C2OC2C1=O. The molecule has 2 aliphatic heterocycles. The molecule has 2 aliphatic carbocycles. The van der Waals surface area contributed by atoms with Crippen molar-refractivity contribution in [1.29, 1.82) is 0 Å². The van der Waals surface area contributed by atoms with Gasteiger partial charge in [-0.1, -0.05) is 18.2 Å². The maximum Gasteiger partial charge on any atom is 0.277 e. The van der Waals surface area contributed by atoms with Crippen LogP contribution in [-0.4, -0.2) is 89.0 Å². The number of nitrogens with one attached hydrogen (secondary N) is 2. The highest BCUT2D eigenvalue weighted by molar-refractivity contribution is 6.17. The van der Waals surface area contributed by atoms with Crippen LogP contribution in [0.15, 0.2) is 72.2 Å². The molecule has 2 aromatic heterocycles. The minimum Gasteiger partial charge on any atom is -0.494 e. The molecule has 2 saturated heterocycles. The summed E-state index contributed by atoms with van der Waals surface area (Å²) in [5.74, 6) is -1.66. The molecule has 224 valence electrons. The van der Waals surface area contributed by atoms with E-state index in [0.29, 0.717) is 11.3 Å². The Balaban J connectivity index is 0.000000159. The molecular formula is C30H24N4O10. The highest BCUT2D eigenvalue weighted by Crippen LogP contribution is 2.34. The number of hydrogen-bond donors (Lipinski definition) is 3. The van der Waals surface area contributed by atoms with Crippen LogP contribution >= 0.6 is 0 Å². The van der Waals surface area contributed by atoms with Gasteiger partial charge in [0.25, 0.3) is 11.8 Å². The van der Waals surface area contributed by atoms with Gasteiger partial charge in [-0.15, -0.1) is 0 Å². The van der Waals surface area contributed by atoms with Gasteiger partial charge in [0.05, 0.1) is 31.1 Å². The van der Waals surface area contributed by atoms with Crippen LogP contribution < -0.4 is 20.1 Å². The highest BCUT2D eigenvalue weighted by Gasteiger charge is 2.54. The zero-order valence-corrected chi connectivity index (χ0v) is 23.2. The van der Waals surface area contributed by atoms with E-state index in [4.69, 9.17) is 18.9 Å². The highest BCUT2D eigenvalue weighted by atomic mass is 16.6. The molecule has 1 aromatic carbocycles. The third kappa shape index (κ3) is 5.44. The lowest BCUT2D eigenvalue weighted by Gasteiger charge is -2.17. The molecule has 2 fully saturated rings. The van der Waals surface area contributed by atoms with Gasteiger partial charge >= 0.3 is 0 Å². The molecule has 5 atom stereocenters. The van der Waals surface area contributed by atoms with Crippen LogP contribution in [0.3, 0.4) is 0 Å². The normalized spacial score (nSPS) is 24.4. The number of fused-ring (bicyclic) bond motifs is 3. The van der Waals surface area contributed by atoms with Crippen molar-refractivity contribution >= 4 is 40.1 Å². The van der Waals surface area contributed by atoms with Gasteiger partial charge in [-0.25, -0.2) is 9.97 Å². The molecule has 4 heterocycles. The molecular weight excluding hydrogens is 576 g/mol. The van der Waals surface area contributed by atoms with Crippen LogP contribution in [0.5, 0.6) is 11.6 Å². The Morgan fingerprint density at radius 2 is 1.66 bits per heavy atom. The molecule has 4 aliphatic rings.